The number of nitrogens with one attached hydrogen (secondary N) is 1. The van der Waals surface area contributed by atoms with Crippen molar-refractivity contribution >= 4 is 41.4 Å². The summed E-state index contributed by atoms with van der Waals surface area (Å²) >= 11 is 13.2. The van der Waals surface area contributed by atoms with Gasteiger partial charge >= 0.3 is 0 Å². The summed E-state index contributed by atoms with van der Waals surface area (Å²) in [5.41, 5.74) is 0.764. The molecule has 0 unspecified atom stereocenters. The number of halogens is 1. The van der Waals surface area contributed by atoms with Gasteiger partial charge in [-0.2, -0.15) is 14.9 Å². The van der Waals surface area contributed by atoms with Gasteiger partial charge in [0, 0.05) is 11.3 Å². The fourth-order valence-corrected chi connectivity index (χ4v) is 3.52. The summed E-state index contributed by atoms with van der Waals surface area (Å²) in [6, 6.07) is 7.63. The molecule has 2 aromatic heterocycles. The first-order chi connectivity index (χ1) is 12.6. The summed E-state index contributed by atoms with van der Waals surface area (Å²) in [5.74, 6) is 1.81. The summed E-state index contributed by atoms with van der Waals surface area (Å²) in [7, 11) is 1.57. The van der Waals surface area contributed by atoms with E-state index in [1.807, 2.05) is 30.5 Å². The minimum atomic E-state index is 0.428. The van der Waals surface area contributed by atoms with Crippen LogP contribution in [0.5, 0.6) is 11.5 Å². The van der Waals surface area contributed by atoms with Crippen molar-refractivity contribution in [1.29, 1.82) is 0 Å². The van der Waals surface area contributed by atoms with Crippen molar-refractivity contribution in [3.05, 3.63) is 55.7 Å². The zero-order valence-electron chi connectivity index (χ0n) is 14.2. The average molecular weight is 409 g/mol. The quantitative estimate of drug-likeness (QED) is 0.460. The molecule has 9 heteroatoms. The van der Waals surface area contributed by atoms with Crippen molar-refractivity contribution in [2.24, 2.45) is 5.10 Å². The van der Waals surface area contributed by atoms with Gasteiger partial charge in [0.25, 0.3) is 0 Å². The molecule has 1 aromatic carbocycles. The van der Waals surface area contributed by atoms with Crippen LogP contribution in [-0.2, 0) is 6.42 Å². The number of hydrogen-bond donors (Lipinski definition) is 1. The van der Waals surface area contributed by atoms with E-state index in [0.717, 1.165) is 11.4 Å². The van der Waals surface area contributed by atoms with Crippen LogP contribution in [-0.4, -0.2) is 34.8 Å². The number of H-pyrrole nitrogens is 1. The van der Waals surface area contributed by atoms with E-state index in [0.29, 0.717) is 34.3 Å². The van der Waals surface area contributed by atoms with Gasteiger partial charge in [-0.3, -0.25) is 5.10 Å². The van der Waals surface area contributed by atoms with Gasteiger partial charge in [-0.1, -0.05) is 17.7 Å². The number of hydrogen-bond acceptors (Lipinski definition) is 6. The van der Waals surface area contributed by atoms with Gasteiger partial charge < -0.3 is 9.47 Å². The van der Waals surface area contributed by atoms with Crippen molar-refractivity contribution in [2.75, 3.05) is 13.7 Å². The van der Waals surface area contributed by atoms with Gasteiger partial charge in [0.05, 0.1) is 25.0 Å². The van der Waals surface area contributed by atoms with Crippen LogP contribution in [0.2, 0.25) is 5.02 Å². The fraction of sp³-hybridized carbons (Fsp3) is 0.235. The normalized spacial score (nSPS) is 11.2. The lowest BCUT2D eigenvalue weighted by Gasteiger charge is -2.11. The molecule has 0 amide bonds. The van der Waals surface area contributed by atoms with Gasteiger partial charge in [0.1, 0.15) is 0 Å². The molecule has 0 aliphatic rings. The Kier molecular flexibility index (Phi) is 6.08. The molecule has 0 spiro atoms. The number of ether oxygens (including phenoxy) is 2. The fourth-order valence-electron chi connectivity index (χ4n) is 2.35. The second-order valence-electron chi connectivity index (χ2n) is 5.22. The molecule has 0 atom stereocenters. The third-order valence-electron chi connectivity index (χ3n) is 3.49. The second-order valence-corrected chi connectivity index (χ2v) is 7.05. The smallest absolute Gasteiger partial charge is 0.216 e. The van der Waals surface area contributed by atoms with Crippen molar-refractivity contribution in [1.82, 2.24) is 14.9 Å². The number of thiophene rings is 1. The van der Waals surface area contributed by atoms with Gasteiger partial charge in [-0.25, -0.2) is 0 Å². The maximum absolute atomic E-state index is 6.30. The third-order valence-corrected chi connectivity index (χ3v) is 4.91. The zero-order chi connectivity index (χ0) is 18.5. The number of benzene rings is 1. The Hall–Kier alpha value is -2.16. The number of rotatable bonds is 7. The van der Waals surface area contributed by atoms with Crippen LogP contribution in [0.15, 0.2) is 34.7 Å². The summed E-state index contributed by atoms with van der Waals surface area (Å²) in [5, 5.41) is 14.0. The van der Waals surface area contributed by atoms with E-state index >= 15 is 0 Å². The Morgan fingerprint density at radius 2 is 2.31 bits per heavy atom. The molecule has 0 saturated carbocycles. The van der Waals surface area contributed by atoms with Gasteiger partial charge in [-0.15, -0.1) is 11.3 Å². The van der Waals surface area contributed by atoms with Crippen molar-refractivity contribution < 1.29 is 9.47 Å². The molecule has 0 bridgehead atoms. The van der Waals surface area contributed by atoms with Crippen LogP contribution in [0, 0.1) is 4.77 Å². The number of methoxy groups -OCH3 is 1. The van der Waals surface area contributed by atoms with E-state index < -0.39 is 0 Å². The molecule has 0 aliphatic heterocycles. The highest BCUT2D eigenvalue weighted by atomic mass is 35.5. The molecular weight excluding hydrogens is 392 g/mol. The van der Waals surface area contributed by atoms with E-state index in [1.54, 1.807) is 35.4 Å². The Morgan fingerprint density at radius 1 is 1.46 bits per heavy atom. The van der Waals surface area contributed by atoms with Crippen LogP contribution in [0.3, 0.4) is 0 Å². The topological polar surface area (TPSA) is 64.4 Å². The van der Waals surface area contributed by atoms with Crippen molar-refractivity contribution in [3.8, 4) is 11.5 Å². The lowest BCUT2D eigenvalue weighted by atomic mass is 10.2. The van der Waals surface area contributed by atoms with E-state index in [1.165, 1.54) is 4.88 Å². The molecule has 1 N–H and O–H groups in total. The highest BCUT2D eigenvalue weighted by Crippen LogP contribution is 2.36. The molecule has 2 heterocycles. The molecule has 3 aromatic rings. The van der Waals surface area contributed by atoms with Crippen LogP contribution in [0.25, 0.3) is 0 Å². The Labute approximate surface area is 165 Å². The van der Waals surface area contributed by atoms with Gasteiger partial charge in [0.2, 0.25) is 4.77 Å². The predicted molar refractivity (Wildman–Crippen MR) is 107 cm³/mol. The average Bonchev–Trinajstić information content (AvgIpc) is 3.26. The minimum Gasteiger partial charge on any atom is -0.493 e. The third kappa shape index (κ3) is 4.14. The highest BCUT2D eigenvalue weighted by Gasteiger charge is 2.11. The van der Waals surface area contributed by atoms with E-state index in [4.69, 9.17) is 33.3 Å². The molecule has 0 radical (unpaired) electrons. The lowest BCUT2D eigenvalue weighted by Crippen LogP contribution is -2.00. The Morgan fingerprint density at radius 3 is 3.00 bits per heavy atom. The SMILES string of the molecule is CCOc1c(Cl)cc(/C=N\n2c(Cc3cccs3)n[nH]c2=S)cc1OC. The zero-order valence-corrected chi connectivity index (χ0v) is 16.6. The number of nitrogens with zero attached hydrogens (tertiary/aromatic N) is 3. The van der Waals surface area contributed by atoms with Crippen LogP contribution in [0.1, 0.15) is 23.2 Å². The molecule has 136 valence electrons. The number of aromatic amines is 1. The van der Waals surface area contributed by atoms with E-state index in [-0.39, 0.29) is 0 Å². The molecular formula is C17H17ClN4O2S2. The first kappa shape index (κ1) is 18.6. The van der Waals surface area contributed by atoms with Gasteiger partial charge in [0.15, 0.2) is 17.3 Å². The first-order valence-corrected chi connectivity index (χ1v) is 9.52. The monoisotopic (exact) mass is 408 g/mol. The summed E-state index contributed by atoms with van der Waals surface area (Å²) in [4.78, 5) is 1.18. The predicted octanol–water partition coefficient (Wildman–Crippen LogP) is 4.54. The molecule has 0 saturated heterocycles. The molecule has 3 rings (SSSR count). The summed E-state index contributed by atoms with van der Waals surface area (Å²) in [6.45, 7) is 2.39. The van der Waals surface area contributed by atoms with Crippen LogP contribution < -0.4 is 9.47 Å². The minimum absolute atomic E-state index is 0.428. The van der Waals surface area contributed by atoms with Crippen LogP contribution in [0.4, 0.5) is 0 Å². The van der Waals surface area contributed by atoms with E-state index in [2.05, 4.69) is 15.3 Å². The van der Waals surface area contributed by atoms with Crippen LogP contribution >= 0.6 is 35.2 Å². The Bertz CT molecular complexity index is 964. The molecule has 26 heavy (non-hydrogen) atoms. The van der Waals surface area contributed by atoms with Crippen molar-refractivity contribution in [2.45, 2.75) is 13.3 Å². The summed E-state index contributed by atoms with van der Waals surface area (Å²) in [6.07, 6.45) is 2.31. The van der Waals surface area contributed by atoms with E-state index in [9.17, 15) is 0 Å². The van der Waals surface area contributed by atoms with Gasteiger partial charge in [-0.05, 0) is 48.3 Å². The summed E-state index contributed by atoms with van der Waals surface area (Å²) < 4.78 is 12.9. The highest BCUT2D eigenvalue weighted by molar-refractivity contribution is 7.71. The number of aromatic nitrogens is 3. The Balaban J connectivity index is 1.90. The lowest BCUT2D eigenvalue weighted by molar-refractivity contribution is 0.311. The second kappa shape index (κ2) is 8.48. The standard InChI is InChI=1S/C17H17ClN4O2S2/c1-3-24-16-13(18)7-11(8-14(16)23-2)10-19-22-15(20-21-17(22)25)9-12-5-4-6-26-12/h4-8,10H,3,9H2,1-2H3,(H,21,25)/b19-10-. The molecule has 0 fully saturated rings. The first-order valence-electron chi connectivity index (χ1n) is 7.85. The van der Waals surface area contributed by atoms with Crippen molar-refractivity contribution in [3.63, 3.8) is 0 Å². The molecule has 0 aliphatic carbocycles. The molecule has 6 nitrogen and oxygen atoms in total. The maximum atomic E-state index is 6.30. The largest absolute Gasteiger partial charge is 0.493 e. The maximum Gasteiger partial charge on any atom is 0.216 e.